The fourth-order valence-electron chi connectivity index (χ4n) is 3.75. The number of nitrogens with two attached hydrogens (primary N) is 1. The lowest BCUT2D eigenvalue weighted by molar-refractivity contribution is 0.0981. The van der Waals surface area contributed by atoms with Gasteiger partial charge >= 0.3 is 0 Å². The van der Waals surface area contributed by atoms with E-state index in [1.807, 2.05) is 25.2 Å². The monoisotopic (exact) mass is 396 g/mol. The van der Waals surface area contributed by atoms with Crippen LogP contribution in [-0.2, 0) is 13.6 Å². The van der Waals surface area contributed by atoms with Crippen molar-refractivity contribution in [1.82, 2.24) is 14.1 Å². The van der Waals surface area contributed by atoms with Crippen LogP contribution in [0.25, 0.3) is 33.5 Å². The third-order valence-corrected chi connectivity index (χ3v) is 5.17. The molecule has 28 heavy (non-hydrogen) atoms. The normalized spacial score (nSPS) is 11.1. The van der Waals surface area contributed by atoms with E-state index in [0.717, 1.165) is 29.1 Å². The molecule has 2 heterocycles. The van der Waals surface area contributed by atoms with Crippen molar-refractivity contribution in [3.63, 3.8) is 0 Å². The number of benzene rings is 2. The Hall–Kier alpha value is -2.63. The molecule has 4 aromatic rings. The van der Waals surface area contributed by atoms with Gasteiger partial charge in [-0.05, 0) is 50.2 Å². The highest BCUT2D eigenvalue weighted by atomic mass is 35.5. The van der Waals surface area contributed by atoms with E-state index in [1.54, 1.807) is 0 Å². The van der Waals surface area contributed by atoms with E-state index in [0.29, 0.717) is 24.9 Å². The maximum atomic E-state index is 12.3. The summed E-state index contributed by atoms with van der Waals surface area (Å²) in [5.74, 6) is 1.03. The Bertz CT molecular complexity index is 1140. The lowest BCUT2D eigenvalue weighted by Gasteiger charge is -2.08. The molecule has 0 bridgehead atoms. The fourth-order valence-corrected chi connectivity index (χ4v) is 3.75. The third kappa shape index (κ3) is 3.32. The fraction of sp³-hybridized carbons (Fsp3) is 0.273. The van der Waals surface area contributed by atoms with E-state index in [4.69, 9.17) is 10.7 Å². The number of hydrogen-bond acceptors (Lipinski definition) is 3. The van der Waals surface area contributed by atoms with Gasteiger partial charge in [0.2, 0.25) is 0 Å². The van der Waals surface area contributed by atoms with Gasteiger partial charge in [-0.15, -0.1) is 12.4 Å². The summed E-state index contributed by atoms with van der Waals surface area (Å²) in [6, 6.07) is 16.3. The molecule has 5 nitrogen and oxygen atoms in total. The number of carbonyl (C=O) groups is 1. The molecule has 0 fully saturated rings. The van der Waals surface area contributed by atoms with Gasteiger partial charge in [0.05, 0.1) is 16.7 Å². The van der Waals surface area contributed by atoms with E-state index in [9.17, 15) is 4.79 Å². The van der Waals surface area contributed by atoms with Gasteiger partial charge < -0.3 is 14.9 Å². The van der Waals surface area contributed by atoms with Crippen molar-refractivity contribution in [3.05, 3.63) is 54.1 Å². The predicted molar refractivity (Wildman–Crippen MR) is 117 cm³/mol. The van der Waals surface area contributed by atoms with E-state index in [1.165, 1.54) is 10.9 Å². The number of hydrogen-bond donors (Lipinski definition) is 1. The molecule has 0 saturated carbocycles. The number of aromatic nitrogens is 3. The molecule has 0 aliphatic carbocycles. The molecule has 6 heteroatoms. The molecule has 0 aliphatic heterocycles. The largest absolute Gasteiger partial charge is 0.338 e. The van der Waals surface area contributed by atoms with Crippen LogP contribution >= 0.6 is 12.4 Å². The first-order valence-electron chi connectivity index (χ1n) is 9.42. The summed E-state index contributed by atoms with van der Waals surface area (Å²) >= 11 is 0. The molecule has 2 aromatic heterocycles. The molecule has 2 aromatic carbocycles. The van der Waals surface area contributed by atoms with Gasteiger partial charge in [-0.3, -0.25) is 4.79 Å². The van der Waals surface area contributed by atoms with Crippen LogP contribution in [0.5, 0.6) is 0 Å². The number of imidazole rings is 1. The Morgan fingerprint density at radius 3 is 2.64 bits per heavy atom. The van der Waals surface area contributed by atoms with E-state index in [-0.39, 0.29) is 18.2 Å². The van der Waals surface area contributed by atoms with Crippen LogP contribution in [0, 0.1) is 0 Å². The first-order valence-corrected chi connectivity index (χ1v) is 9.42. The summed E-state index contributed by atoms with van der Waals surface area (Å²) in [6.07, 6.45) is 1.19. The summed E-state index contributed by atoms with van der Waals surface area (Å²) in [7, 11) is 2.03. The van der Waals surface area contributed by atoms with E-state index >= 15 is 0 Å². The number of aryl methyl sites for hydroxylation is 2. The second-order valence-corrected chi connectivity index (χ2v) is 6.85. The molecule has 0 unspecified atom stereocenters. The van der Waals surface area contributed by atoms with Gasteiger partial charge in [-0.2, -0.15) is 0 Å². The zero-order valence-electron chi connectivity index (χ0n) is 16.2. The van der Waals surface area contributed by atoms with Crippen molar-refractivity contribution in [1.29, 1.82) is 0 Å². The van der Waals surface area contributed by atoms with Gasteiger partial charge in [0.15, 0.2) is 11.6 Å². The van der Waals surface area contributed by atoms with Gasteiger partial charge in [-0.1, -0.05) is 18.2 Å². The minimum atomic E-state index is 0. The summed E-state index contributed by atoms with van der Waals surface area (Å²) in [5.41, 5.74) is 10.4. The summed E-state index contributed by atoms with van der Waals surface area (Å²) < 4.78 is 4.38. The molecule has 0 atom stereocenters. The predicted octanol–water partition coefficient (Wildman–Crippen LogP) is 4.56. The second-order valence-electron chi connectivity index (χ2n) is 6.85. The Balaban J connectivity index is 0.00000225. The van der Waals surface area contributed by atoms with Crippen LogP contribution in [0.1, 0.15) is 30.1 Å². The zero-order valence-corrected chi connectivity index (χ0v) is 17.0. The average Bonchev–Trinajstić information content (AvgIpc) is 3.23. The first kappa shape index (κ1) is 20.1. The molecule has 146 valence electrons. The van der Waals surface area contributed by atoms with Gasteiger partial charge in [-0.25, -0.2) is 4.98 Å². The molecular weight excluding hydrogens is 372 g/mol. The number of para-hydroxylation sites is 1. The highest BCUT2D eigenvalue weighted by Crippen LogP contribution is 2.30. The summed E-state index contributed by atoms with van der Waals surface area (Å²) in [5, 5.41) is 1.21. The highest BCUT2D eigenvalue weighted by Gasteiger charge is 2.17. The molecule has 0 saturated heterocycles. The Kier molecular flexibility index (Phi) is 5.87. The van der Waals surface area contributed by atoms with Crippen molar-refractivity contribution < 1.29 is 4.79 Å². The minimum absolute atomic E-state index is 0. The number of carbonyl (C=O) groups excluding carboxylic acids is 1. The number of rotatable bonds is 6. The van der Waals surface area contributed by atoms with E-state index in [2.05, 4.69) is 46.4 Å². The molecule has 0 amide bonds. The van der Waals surface area contributed by atoms with Crippen molar-refractivity contribution >= 4 is 40.1 Å². The van der Waals surface area contributed by atoms with Gasteiger partial charge in [0, 0.05) is 36.5 Å². The average molecular weight is 397 g/mol. The van der Waals surface area contributed by atoms with Gasteiger partial charge in [0.25, 0.3) is 0 Å². The van der Waals surface area contributed by atoms with Crippen LogP contribution < -0.4 is 5.73 Å². The number of ketones is 1. The van der Waals surface area contributed by atoms with Gasteiger partial charge in [0.1, 0.15) is 0 Å². The van der Waals surface area contributed by atoms with Crippen molar-refractivity contribution in [2.45, 2.75) is 26.3 Å². The number of fused-ring (bicyclic) bond motifs is 2. The van der Waals surface area contributed by atoms with Crippen LogP contribution in [0.3, 0.4) is 0 Å². The molecule has 0 aliphatic rings. The molecule has 4 rings (SSSR count). The summed E-state index contributed by atoms with van der Waals surface area (Å²) in [4.78, 5) is 17.2. The Labute approximate surface area is 170 Å². The maximum Gasteiger partial charge on any atom is 0.163 e. The van der Waals surface area contributed by atoms with Crippen molar-refractivity contribution in [2.24, 2.45) is 12.8 Å². The Morgan fingerprint density at radius 1 is 1.11 bits per heavy atom. The number of nitrogens with zero attached hydrogens (tertiary/aromatic N) is 3. The standard InChI is InChI=1S/C22H24N4O.ClH/c1-3-26-18-8-5-4-7-15(18)14-20(26)22-24-17-13-16(21(27)9-6-12-23)10-11-19(17)25(22)2;/h4-5,7-8,10-11,13-14H,3,6,9,12,23H2,1-2H3;1H. The molecule has 0 radical (unpaired) electrons. The summed E-state index contributed by atoms with van der Waals surface area (Å²) in [6.45, 7) is 3.55. The molecule has 2 N–H and O–H groups in total. The zero-order chi connectivity index (χ0) is 19.0. The quantitative estimate of drug-likeness (QED) is 0.486. The number of Topliss-reactive ketones (excluding diaryl/α,β-unsaturated/α-hetero) is 1. The van der Waals surface area contributed by atoms with Crippen LogP contribution in [-0.4, -0.2) is 26.4 Å². The highest BCUT2D eigenvalue weighted by molar-refractivity contribution is 5.99. The topological polar surface area (TPSA) is 65.8 Å². The third-order valence-electron chi connectivity index (χ3n) is 5.17. The van der Waals surface area contributed by atoms with E-state index < -0.39 is 0 Å². The molecule has 0 spiro atoms. The maximum absolute atomic E-state index is 12.3. The minimum Gasteiger partial charge on any atom is -0.338 e. The smallest absolute Gasteiger partial charge is 0.163 e. The number of halogens is 1. The van der Waals surface area contributed by atoms with Crippen LogP contribution in [0.2, 0.25) is 0 Å². The van der Waals surface area contributed by atoms with Crippen LogP contribution in [0.15, 0.2) is 48.5 Å². The Morgan fingerprint density at radius 2 is 1.89 bits per heavy atom. The molecular formula is C22H25ClN4O. The first-order chi connectivity index (χ1) is 13.1. The lowest BCUT2D eigenvalue weighted by atomic mass is 10.1. The van der Waals surface area contributed by atoms with Crippen molar-refractivity contribution in [2.75, 3.05) is 6.54 Å². The SMILES string of the molecule is CCn1c(-c2nc3cc(C(=O)CCCN)ccc3n2C)cc2ccccc21.Cl. The second kappa shape index (κ2) is 8.17. The van der Waals surface area contributed by atoms with Crippen molar-refractivity contribution in [3.8, 4) is 11.5 Å². The van der Waals surface area contributed by atoms with Crippen LogP contribution in [0.4, 0.5) is 0 Å². The lowest BCUT2D eigenvalue weighted by Crippen LogP contribution is -2.04.